The number of benzene rings is 2. The summed E-state index contributed by atoms with van der Waals surface area (Å²) in [6.07, 6.45) is 2.37. The SMILES string of the molecule is CCc1ccc(C(=O)OCCCc2cccc(C(=O)OC)c2)cc1. The monoisotopic (exact) mass is 326 g/mol. The van der Waals surface area contributed by atoms with Gasteiger partial charge in [-0.2, -0.15) is 0 Å². The van der Waals surface area contributed by atoms with E-state index in [0.29, 0.717) is 24.2 Å². The van der Waals surface area contributed by atoms with Crippen LogP contribution in [-0.4, -0.2) is 25.7 Å². The van der Waals surface area contributed by atoms with Gasteiger partial charge >= 0.3 is 11.9 Å². The molecule has 0 amide bonds. The maximum atomic E-state index is 12.0. The van der Waals surface area contributed by atoms with Crippen molar-refractivity contribution in [2.75, 3.05) is 13.7 Å². The van der Waals surface area contributed by atoms with Crippen LogP contribution in [0.1, 0.15) is 45.2 Å². The Morgan fingerprint density at radius 2 is 1.67 bits per heavy atom. The minimum absolute atomic E-state index is 0.305. The van der Waals surface area contributed by atoms with E-state index in [2.05, 4.69) is 6.92 Å². The van der Waals surface area contributed by atoms with E-state index in [-0.39, 0.29) is 11.9 Å². The molecule has 2 aromatic rings. The lowest BCUT2D eigenvalue weighted by Crippen LogP contribution is -2.07. The second-order valence-corrected chi connectivity index (χ2v) is 5.48. The molecule has 126 valence electrons. The van der Waals surface area contributed by atoms with Crippen LogP contribution >= 0.6 is 0 Å². The third-order valence-corrected chi connectivity index (χ3v) is 3.79. The molecule has 0 atom stereocenters. The first kappa shape index (κ1) is 17.7. The third kappa shape index (κ3) is 4.95. The zero-order valence-corrected chi connectivity index (χ0v) is 14.1. The molecular weight excluding hydrogens is 304 g/mol. The summed E-state index contributed by atoms with van der Waals surface area (Å²) in [5.41, 5.74) is 3.31. The Labute approximate surface area is 142 Å². The Hall–Kier alpha value is -2.62. The number of esters is 2. The standard InChI is InChI=1S/C20H22O4/c1-3-15-9-11-17(12-10-15)20(22)24-13-5-7-16-6-4-8-18(14-16)19(21)23-2/h4,6,8-12,14H,3,5,7,13H2,1-2H3. The van der Waals surface area contributed by atoms with Crippen LogP contribution in [-0.2, 0) is 22.3 Å². The van der Waals surface area contributed by atoms with Crippen molar-refractivity contribution in [3.63, 3.8) is 0 Å². The molecule has 0 aromatic heterocycles. The first-order chi connectivity index (χ1) is 11.6. The average Bonchev–Trinajstić information content (AvgIpc) is 2.64. The van der Waals surface area contributed by atoms with E-state index in [9.17, 15) is 9.59 Å². The highest BCUT2D eigenvalue weighted by molar-refractivity contribution is 5.89. The summed E-state index contributed by atoms with van der Waals surface area (Å²) in [6, 6.07) is 14.7. The summed E-state index contributed by atoms with van der Waals surface area (Å²) < 4.78 is 10.00. The number of hydrogen-bond acceptors (Lipinski definition) is 4. The smallest absolute Gasteiger partial charge is 0.338 e. The molecule has 0 aliphatic carbocycles. The van der Waals surface area contributed by atoms with Gasteiger partial charge in [0.1, 0.15) is 0 Å². The molecule has 0 fully saturated rings. The lowest BCUT2D eigenvalue weighted by Gasteiger charge is -2.07. The van der Waals surface area contributed by atoms with Gasteiger partial charge in [0.05, 0.1) is 24.8 Å². The number of ether oxygens (including phenoxy) is 2. The van der Waals surface area contributed by atoms with E-state index in [1.165, 1.54) is 12.7 Å². The van der Waals surface area contributed by atoms with Gasteiger partial charge in [0.2, 0.25) is 0 Å². The van der Waals surface area contributed by atoms with Gasteiger partial charge in [-0.05, 0) is 54.7 Å². The molecular formula is C20H22O4. The van der Waals surface area contributed by atoms with Gasteiger partial charge in [-0.15, -0.1) is 0 Å². The van der Waals surface area contributed by atoms with Gasteiger partial charge < -0.3 is 9.47 Å². The molecule has 4 heteroatoms. The fraction of sp³-hybridized carbons (Fsp3) is 0.300. The maximum Gasteiger partial charge on any atom is 0.338 e. The van der Waals surface area contributed by atoms with E-state index in [1.54, 1.807) is 24.3 Å². The Balaban J connectivity index is 1.80. The molecule has 2 aromatic carbocycles. The van der Waals surface area contributed by atoms with Gasteiger partial charge in [-0.25, -0.2) is 9.59 Å². The molecule has 0 saturated heterocycles. The molecule has 0 N–H and O–H groups in total. The number of carbonyl (C=O) groups excluding carboxylic acids is 2. The number of hydrogen-bond donors (Lipinski definition) is 0. The normalized spacial score (nSPS) is 10.2. The van der Waals surface area contributed by atoms with Gasteiger partial charge in [0.15, 0.2) is 0 Å². The van der Waals surface area contributed by atoms with Crippen LogP contribution in [0.4, 0.5) is 0 Å². The minimum Gasteiger partial charge on any atom is -0.465 e. The first-order valence-electron chi connectivity index (χ1n) is 8.07. The topological polar surface area (TPSA) is 52.6 Å². The fourth-order valence-corrected chi connectivity index (χ4v) is 2.37. The molecule has 0 heterocycles. The van der Waals surface area contributed by atoms with Crippen LogP contribution in [0.2, 0.25) is 0 Å². The zero-order valence-electron chi connectivity index (χ0n) is 14.1. The highest BCUT2D eigenvalue weighted by Crippen LogP contribution is 2.10. The summed E-state index contributed by atoms with van der Waals surface area (Å²) in [6.45, 7) is 2.42. The summed E-state index contributed by atoms with van der Waals surface area (Å²) in [5, 5.41) is 0. The van der Waals surface area contributed by atoms with Crippen molar-refractivity contribution in [3.8, 4) is 0 Å². The highest BCUT2D eigenvalue weighted by atomic mass is 16.5. The van der Waals surface area contributed by atoms with Gasteiger partial charge in [0.25, 0.3) is 0 Å². The number of methoxy groups -OCH3 is 1. The first-order valence-corrected chi connectivity index (χ1v) is 8.07. The lowest BCUT2D eigenvalue weighted by atomic mass is 10.1. The lowest BCUT2D eigenvalue weighted by molar-refractivity contribution is 0.0500. The molecule has 0 radical (unpaired) electrons. The predicted octanol–water partition coefficient (Wildman–Crippen LogP) is 3.83. The van der Waals surface area contributed by atoms with Crippen molar-refractivity contribution in [1.82, 2.24) is 0 Å². The summed E-state index contributed by atoms with van der Waals surface area (Å²) >= 11 is 0. The third-order valence-electron chi connectivity index (χ3n) is 3.79. The van der Waals surface area contributed by atoms with Crippen molar-refractivity contribution >= 4 is 11.9 Å². The van der Waals surface area contributed by atoms with E-state index in [1.807, 2.05) is 24.3 Å². The van der Waals surface area contributed by atoms with Crippen molar-refractivity contribution in [1.29, 1.82) is 0 Å². The molecule has 4 nitrogen and oxygen atoms in total. The highest BCUT2D eigenvalue weighted by Gasteiger charge is 2.08. The second kappa shape index (κ2) is 8.87. The van der Waals surface area contributed by atoms with Crippen molar-refractivity contribution in [2.45, 2.75) is 26.2 Å². The van der Waals surface area contributed by atoms with Gasteiger partial charge in [0, 0.05) is 0 Å². The Morgan fingerprint density at radius 3 is 2.33 bits per heavy atom. The Kier molecular flexibility index (Phi) is 6.55. The predicted molar refractivity (Wildman–Crippen MR) is 92.2 cm³/mol. The molecule has 0 bridgehead atoms. The Bertz CT molecular complexity index is 689. The van der Waals surface area contributed by atoms with Gasteiger partial charge in [-0.1, -0.05) is 31.2 Å². The molecule has 0 aliphatic heterocycles. The van der Waals surface area contributed by atoms with Crippen molar-refractivity contribution in [3.05, 3.63) is 70.8 Å². The summed E-state index contributed by atoms with van der Waals surface area (Å²) in [5.74, 6) is -0.653. The second-order valence-electron chi connectivity index (χ2n) is 5.48. The molecule has 2 rings (SSSR count). The van der Waals surface area contributed by atoms with Crippen LogP contribution in [0.25, 0.3) is 0 Å². The Morgan fingerprint density at radius 1 is 0.917 bits per heavy atom. The summed E-state index contributed by atoms with van der Waals surface area (Å²) in [4.78, 5) is 23.5. The number of rotatable bonds is 7. The van der Waals surface area contributed by atoms with E-state index < -0.39 is 0 Å². The quantitative estimate of drug-likeness (QED) is 0.573. The largest absolute Gasteiger partial charge is 0.465 e. The van der Waals surface area contributed by atoms with Crippen molar-refractivity contribution < 1.29 is 19.1 Å². The maximum absolute atomic E-state index is 12.0. The number of aryl methyl sites for hydroxylation is 2. The molecule has 0 saturated carbocycles. The van der Waals surface area contributed by atoms with Crippen LogP contribution in [0.5, 0.6) is 0 Å². The molecule has 0 spiro atoms. The number of carbonyl (C=O) groups is 2. The van der Waals surface area contributed by atoms with Crippen LogP contribution in [0.15, 0.2) is 48.5 Å². The fourth-order valence-electron chi connectivity index (χ4n) is 2.37. The molecule has 0 aliphatic rings. The molecule has 24 heavy (non-hydrogen) atoms. The van der Waals surface area contributed by atoms with E-state index in [4.69, 9.17) is 9.47 Å². The zero-order chi connectivity index (χ0) is 17.4. The van der Waals surface area contributed by atoms with Crippen molar-refractivity contribution in [2.24, 2.45) is 0 Å². The molecule has 0 unspecified atom stereocenters. The average molecular weight is 326 g/mol. The minimum atomic E-state index is -0.348. The van der Waals surface area contributed by atoms with E-state index in [0.717, 1.165) is 18.4 Å². The summed E-state index contributed by atoms with van der Waals surface area (Å²) in [7, 11) is 1.36. The van der Waals surface area contributed by atoms with E-state index >= 15 is 0 Å². The van der Waals surface area contributed by atoms with Gasteiger partial charge in [-0.3, -0.25) is 0 Å². The van der Waals surface area contributed by atoms with Crippen LogP contribution in [0, 0.1) is 0 Å². The van der Waals surface area contributed by atoms with Crippen LogP contribution < -0.4 is 0 Å². The van der Waals surface area contributed by atoms with Crippen LogP contribution in [0.3, 0.4) is 0 Å².